The molecule has 166 valence electrons. The molecule has 0 saturated carbocycles. The van der Waals surface area contributed by atoms with Crippen molar-refractivity contribution in [3.8, 4) is 5.75 Å². The van der Waals surface area contributed by atoms with E-state index < -0.39 is 17.3 Å². The summed E-state index contributed by atoms with van der Waals surface area (Å²) in [5, 5.41) is 11.2. The lowest BCUT2D eigenvalue weighted by molar-refractivity contribution is -0.140. The third-order valence-corrected chi connectivity index (χ3v) is 5.47. The molecule has 0 aliphatic heterocycles. The van der Waals surface area contributed by atoms with E-state index in [1.807, 2.05) is 0 Å². The third kappa shape index (κ3) is 5.55. The van der Waals surface area contributed by atoms with Gasteiger partial charge < -0.3 is 9.84 Å². The van der Waals surface area contributed by atoms with E-state index in [0.29, 0.717) is 30.0 Å². The first-order valence-electron chi connectivity index (χ1n) is 10.4. The number of alkyl halides is 3. The minimum absolute atomic E-state index is 0.109. The Morgan fingerprint density at radius 2 is 1.43 bits per heavy atom. The molecular weight excluding hydrogens is 391 g/mol. The molecule has 0 aliphatic carbocycles. The van der Waals surface area contributed by atoms with Gasteiger partial charge in [0.15, 0.2) is 0 Å². The Morgan fingerprint density at radius 1 is 0.900 bits per heavy atom. The molecule has 0 heterocycles. The van der Waals surface area contributed by atoms with Crippen LogP contribution in [-0.2, 0) is 11.8 Å². The van der Waals surface area contributed by atoms with Crippen LogP contribution in [0.3, 0.4) is 0 Å². The monoisotopic (exact) mass is 423 g/mol. The smallest absolute Gasteiger partial charge is 0.416 e. The fourth-order valence-electron chi connectivity index (χ4n) is 3.85. The van der Waals surface area contributed by atoms with E-state index in [0.717, 1.165) is 12.6 Å². The van der Waals surface area contributed by atoms with E-state index in [2.05, 4.69) is 32.6 Å². The molecule has 0 radical (unpaired) electrons. The largest absolute Gasteiger partial charge is 0.492 e. The van der Waals surface area contributed by atoms with Crippen molar-refractivity contribution in [2.45, 2.75) is 64.9 Å². The van der Waals surface area contributed by atoms with Gasteiger partial charge in [-0.1, -0.05) is 37.3 Å². The normalized spacial score (nSPS) is 14.4. The fraction of sp³-hybridized carbons (Fsp3) is 0.500. The summed E-state index contributed by atoms with van der Waals surface area (Å²) in [5.74, 6) is 0.619. The van der Waals surface area contributed by atoms with Crippen molar-refractivity contribution in [2.75, 3.05) is 13.2 Å². The summed E-state index contributed by atoms with van der Waals surface area (Å²) in [5.41, 5.74) is -2.30. The van der Waals surface area contributed by atoms with Crippen molar-refractivity contribution in [1.29, 1.82) is 0 Å². The topological polar surface area (TPSA) is 32.7 Å². The Kier molecular flexibility index (Phi) is 7.94. The van der Waals surface area contributed by atoms with Crippen LogP contribution in [0, 0.1) is 0 Å². The summed E-state index contributed by atoms with van der Waals surface area (Å²) in [6.07, 6.45) is -4.43. The number of halogens is 3. The summed E-state index contributed by atoms with van der Waals surface area (Å²) in [6.45, 7) is 11.5. The maximum Gasteiger partial charge on any atom is 0.416 e. The molecule has 30 heavy (non-hydrogen) atoms. The van der Waals surface area contributed by atoms with E-state index in [9.17, 15) is 18.3 Å². The van der Waals surface area contributed by atoms with Crippen molar-refractivity contribution in [3.05, 3.63) is 65.2 Å². The summed E-state index contributed by atoms with van der Waals surface area (Å²) in [6, 6.07) is 12.7. The average molecular weight is 424 g/mol. The molecule has 0 spiro atoms. The van der Waals surface area contributed by atoms with Gasteiger partial charge in [-0.15, -0.1) is 0 Å². The maximum atomic E-state index is 13.5. The Morgan fingerprint density at radius 3 is 1.90 bits per heavy atom. The average Bonchev–Trinajstić information content (AvgIpc) is 2.70. The van der Waals surface area contributed by atoms with Crippen LogP contribution in [0.5, 0.6) is 5.75 Å². The summed E-state index contributed by atoms with van der Waals surface area (Å²) < 4.78 is 46.3. The highest BCUT2D eigenvalue weighted by molar-refractivity contribution is 5.43. The molecule has 2 aromatic rings. The van der Waals surface area contributed by atoms with Crippen LogP contribution in [0.4, 0.5) is 13.2 Å². The van der Waals surface area contributed by atoms with E-state index in [1.165, 1.54) is 18.2 Å². The Bertz CT molecular complexity index is 795. The molecule has 0 fully saturated rings. The van der Waals surface area contributed by atoms with E-state index >= 15 is 0 Å². The minimum atomic E-state index is -4.54. The Hall–Kier alpha value is -2.05. The molecule has 0 aromatic heterocycles. The lowest BCUT2D eigenvalue weighted by Crippen LogP contribution is -2.39. The molecule has 1 unspecified atom stereocenters. The van der Waals surface area contributed by atoms with Gasteiger partial charge in [-0.25, -0.2) is 0 Å². The summed E-state index contributed by atoms with van der Waals surface area (Å²) >= 11 is 0. The number of ether oxygens (including phenoxy) is 1. The molecule has 1 N–H and O–H groups in total. The second-order valence-corrected chi connectivity index (χ2v) is 8.06. The van der Waals surface area contributed by atoms with E-state index in [-0.39, 0.29) is 12.0 Å². The van der Waals surface area contributed by atoms with Crippen LogP contribution >= 0.6 is 0 Å². The number of rotatable bonds is 9. The molecule has 1 atom stereocenters. The Balaban J connectivity index is 2.20. The first-order chi connectivity index (χ1) is 14.0. The van der Waals surface area contributed by atoms with Crippen LogP contribution in [0.1, 0.15) is 57.7 Å². The maximum absolute atomic E-state index is 13.5. The van der Waals surface area contributed by atoms with Crippen LogP contribution < -0.4 is 4.74 Å². The molecule has 3 nitrogen and oxygen atoms in total. The van der Waals surface area contributed by atoms with E-state index in [1.54, 1.807) is 31.2 Å². The third-order valence-electron chi connectivity index (χ3n) is 5.47. The Labute approximate surface area is 177 Å². The zero-order valence-corrected chi connectivity index (χ0v) is 18.3. The van der Waals surface area contributed by atoms with E-state index in [4.69, 9.17) is 4.74 Å². The summed E-state index contributed by atoms with van der Waals surface area (Å²) in [4.78, 5) is 2.32. The van der Waals surface area contributed by atoms with Gasteiger partial charge in [0.2, 0.25) is 0 Å². The van der Waals surface area contributed by atoms with Gasteiger partial charge in [0.1, 0.15) is 18.0 Å². The lowest BCUT2D eigenvalue weighted by Gasteiger charge is -2.31. The highest BCUT2D eigenvalue weighted by atomic mass is 19.4. The minimum Gasteiger partial charge on any atom is -0.492 e. The fourth-order valence-corrected chi connectivity index (χ4v) is 3.85. The summed E-state index contributed by atoms with van der Waals surface area (Å²) in [7, 11) is 0. The van der Waals surface area contributed by atoms with Gasteiger partial charge in [-0.3, -0.25) is 4.90 Å². The molecule has 0 bridgehead atoms. The first kappa shape index (κ1) is 24.2. The standard InChI is InChI=1S/C24H32F3NO2/c1-6-23(29,21-9-7-8-10-22(21)24(25,26)27)19-11-13-20(14-12-19)30-16-15-28(17(2)3)18(4)5/h7-14,17-18,29H,6,15-16H2,1-5H3. The highest BCUT2D eigenvalue weighted by Gasteiger charge is 2.40. The van der Waals surface area contributed by atoms with Gasteiger partial charge in [0.05, 0.1) is 5.56 Å². The van der Waals surface area contributed by atoms with Crippen molar-refractivity contribution < 1.29 is 23.0 Å². The van der Waals surface area contributed by atoms with Crippen LogP contribution in [-0.4, -0.2) is 35.2 Å². The van der Waals surface area contributed by atoms with Gasteiger partial charge in [-0.2, -0.15) is 13.2 Å². The van der Waals surface area contributed by atoms with Gasteiger partial charge in [0, 0.05) is 24.2 Å². The number of hydrogen-bond donors (Lipinski definition) is 1. The number of hydrogen-bond acceptors (Lipinski definition) is 3. The van der Waals surface area contributed by atoms with Crippen LogP contribution in [0.25, 0.3) is 0 Å². The van der Waals surface area contributed by atoms with Crippen molar-refractivity contribution >= 4 is 0 Å². The highest BCUT2D eigenvalue weighted by Crippen LogP contribution is 2.41. The molecular formula is C24H32F3NO2. The zero-order chi connectivity index (χ0) is 22.5. The second-order valence-electron chi connectivity index (χ2n) is 8.06. The number of benzene rings is 2. The predicted molar refractivity (Wildman–Crippen MR) is 114 cm³/mol. The SMILES string of the molecule is CCC(O)(c1ccc(OCCN(C(C)C)C(C)C)cc1)c1ccccc1C(F)(F)F. The quantitative estimate of drug-likeness (QED) is 0.549. The zero-order valence-electron chi connectivity index (χ0n) is 18.3. The molecule has 0 amide bonds. The van der Waals surface area contributed by atoms with Gasteiger partial charge >= 0.3 is 6.18 Å². The van der Waals surface area contributed by atoms with Crippen molar-refractivity contribution in [2.24, 2.45) is 0 Å². The number of aliphatic hydroxyl groups is 1. The van der Waals surface area contributed by atoms with Gasteiger partial charge in [-0.05, 0) is 57.9 Å². The van der Waals surface area contributed by atoms with Crippen molar-refractivity contribution in [3.63, 3.8) is 0 Å². The molecule has 0 aliphatic rings. The van der Waals surface area contributed by atoms with Crippen molar-refractivity contribution in [1.82, 2.24) is 4.90 Å². The van der Waals surface area contributed by atoms with Gasteiger partial charge in [0.25, 0.3) is 0 Å². The lowest BCUT2D eigenvalue weighted by atomic mass is 9.81. The molecule has 6 heteroatoms. The van der Waals surface area contributed by atoms with Crippen LogP contribution in [0.2, 0.25) is 0 Å². The molecule has 0 saturated heterocycles. The predicted octanol–water partition coefficient (Wildman–Crippen LogP) is 5.85. The number of nitrogens with zero attached hydrogens (tertiary/aromatic N) is 1. The van der Waals surface area contributed by atoms with Crippen LogP contribution in [0.15, 0.2) is 48.5 Å². The second kappa shape index (κ2) is 9.84. The molecule has 2 aromatic carbocycles. The first-order valence-corrected chi connectivity index (χ1v) is 10.4. The molecule has 2 rings (SSSR count).